The molecular formula is C20H20N4O2. The van der Waals surface area contributed by atoms with E-state index < -0.39 is 0 Å². The molecule has 0 aliphatic carbocycles. The van der Waals surface area contributed by atoms with Crippen LogP contribution in [-0.4, -0.2) is 22.7 Å². The average molecular weight is 348 g/mol. The second-order valence-electron chi connectivity index (χ2n) is 5.71. The molecule has 0 bridgehead atoms. The zero-order valence-corrected chi connectivity index (χ0v) is 14.7. The van der Waals surface area contributed by atoms with Gasteiger partial charge in [0.05, 0.1) is 6.61 Å². The van der Waals surface area contributed by atoms with Crippen LogP contribution in [0.2, 0.25) is 0 Å². The van der Waals surface area contributed by atoms with E-state index in [0.717, 1.165) is 17.0 Å². The number of amides is 1. The second kappa shape index (κ2) is 8.11. The highest BCUT2D eigenvalue weighted by atomic mass is 16.5. The van der Waals surface area contributed by atoms with E-state index in [1.54, 1.807) is 36.4 Å². The van der Waals surface area contributed by atoms with Crippen molar-refractivity contribution in [2.24, 2.45) is 0 Å². The Bertz CT molecular complexity index is 877. The summed E-state index contributed by atoms with van der Waals surface area (Å²) in [4.78, 5) is 12.3. The number of nitrogens with zero attached hydrogens (tertiary/aromatic N) is 2. The largest absolute Gasteiger partial charge is 0.494 e. The number of anilines is 3. The zero-order valence-electron chi connectivity index (χ0n) is 14.7. The monoisotopic (exact) mass is 348 g/mol. The number of hydrogen-bond donors (Lipinski definition) is 2. The summed E-state index contributed by atoms with van der Waals surface area (Å²) in [5.41, 5.74) is 2.98. The highest BCUT2D eigenvalue weighted by Gasteiger charge is 2.09. The van der Waals surface area contributed by atoms with E-state index in [-0.39, 0.29) is 11.6 Å². The van der Waals surface area contributed by atoms with Gasteiger partial charge >= 0.3 is 0 Å². The molecule has 1 heterocycles. The van der Waals surface area contributed by atoms with Crippen molar-refractivity contribution in [2.45, 2.75) is 13.8 Å². The predicted molar refractivity (Wildman–Crippen MR) is 102 cm³/mol. The van der Waals surface area contributed by atoms with Crippen molar-refractivity contribution in [3.63, 3.8) is 0 Å². The van der Waals surface area contributed by atoms with Crippen LogP contribution < -0.4 is 15.4 Å². The van der Waals surface area contributed by atoms with Crippen LogP contribution in [0.3, 0.4) is 0 Å². The number of carbonyl (C=O) groups is 1. The Kier molecular flexibility index (Phi) is 5.43. The molecule has 3 rings (SSSR count). The van der Waals surface area contributed by atoms with Gasteiger partial charge in [-0.3, -0.25) is 4.79 Å². The first-order chi connectivity index (χ1) is 12.6. The van der Waals surface area contributed by atoms with Crippen LogP contribution in [0, 0.1) is 6.92 Å². The Morgan fingerprint density at radius 2 is 1.81 bits per heavy atom. The van der Waals surface area contributed by atoms with Crippen molar-refractivity contribution >= 4 is 23.1 Å². The van der Waals surface area contributed by atoms with Gasteiger partial charge in [0, 0.05) is 11.4 Å². The summed E-state index contributed by atoms with van der Waals surface area (Å²) in [7, 11) is 0. The molecule has 2 N–H and O–H groups in total. The van der Waals surface area contributed by atoms with Crippen LogP contribution in [0.1, 0.15) is 23.0 Å². The number of benzene rings is 2. The van der Waals surface area contributed by atoms with Gasteiger partial charge in [0.15, 0.2) is 11.5 Å². The van der Waals surface area contributed by atoms with Crippen molar-refractivity contribution in [2.75, 3.05) is 17.2 Å². The maximum atomic E-state index is 12.3. The second-order valence-corrected chi connectivity index (χ2v) is 5.71. The summed E-state index contributed by atoms with van der Waals surface area (Å²) >= 11 is 0. The molecule has 26 heavy (non-hydrogen) atoms. The Labute approximate surface area is 152 Å². The number of aromatic nitrogens is 2. The van der Waals surface area contributed by atoms with Crippen LogP contribution in [0.4, 0.5) is 17.2 Å². The summed E-state index contributed by atoms with van der Waals surface area (Å²) < 4.78 is 5.38. The lowest BCUT2D eigenvalue weighted by atomic mass is 10.2. The molecule has 0 fully saturated rings. The molecule has 0 aliphatic heterocycles. The molecule has 0 radical (unpaired) electrons. The maximum absolute atomic E-state index is 12.3. The molecule has 132 valence electrons. The molecule has 6 heteroatoms. The number of nitrogens with one attached hydrogen (secondary N) is 2. The Morgan fingerprint density at radius 3 is 2.46 bits per heavy atom. The minimum absolute atomic E-state index is 0.244. The van der Waals surface area contributed by atoms with E-state index in [2.05, 4.69) is 20.8 Å². The molecule has 0 unspecified atom stereocenters. The summed E-state index contributed by atoms with van der Waals surface area (Å²) in [6.07, 6.45) is 0. The van der Waals surface area contributed by atoms with Gasteiger partial charge in [-0.05, 0) is 67.9 Å². The molecule has 0 saturated carbocycles. The van der Waals surface area contributed by atoms with E-state index >= 15 is 0 Å². The Hall–Kier alpha value is -3.41. The minimum Gasteiger partial charge on any atom is -0.494 e. The summed E-state index contributed by atoms with van der Waals surface area (Å²) in [5.74, 6) is 1.02. The van der Waals surface area contributed by atoms with Gasteiger partial charge in [-0.2, -0.15) is 0 Å². The summed E-state index contributed by atoms with van der Waals surface area (Å²) in [6.45, 7) is 4.54. The number of rotatable bonds is 6. The van der Waals surface area contributed by atoms with Gasteiger partial charge in [0.2, 0.25) is 0 Å². The van der Waals surface area contributed by atoms with Crippen LogP contribution in [0.15, 0.2) is 60.7 Å². The lowest BCUT2D eigenvalue weighted by molar-refractivity contribution is 0.102. The van der Waals surface area contributed by atoms with E-state index in [0.29, 0.717) is 18.1 Å². The third-order valence-electron chi connectivity index (χ3n) is 3.61. The number of ether oxygens (including phenoxy) is 1. The Balaban J connectivity index is 1.63. The van der Waals surface area contributed by atoms with E-state index in [4.69, 9.17) is 4.74 Å². The van der Waals surface area contributed by atoms with Crippen molar-refractivity contribution in [3.8, 4) is 5.75 Å². The first-order valence-corrected chi connectivity index (χ1v) is 8.35. The molecule has 6 nitrogen and oxygen atoms in total. The molecular weight excluding hydrogens is 328 g/mol. The van der Waals surface area contributed by atoms with Crippen LogP contribution in [0.25, 0.3) is 0 Å². The molecule has 3 aromatic rings. The van der Waals surface area contributed by atoms with E-state index in [9.17, 15) is 4.79 Å². The number of aryl methyl sites for hydroxylation is 1. The smallest absolute Gasteiger partial charge is 0.276 e. The van der Waals surface area contributed by atoms with Crippen molar-refractivity contribution in [1.29, 1.82) is 0 Å². The molecule has 0 aliphatic rings. The molecule has 0 saturated heterocycles. The fraction of sp³-hybridized carbons (Fsp3) is 0.150. The quantitative estimate of drug-likeness (QED) is 0.699. The topological polar surface area (TPSA) is 76.1 Å². The van der Waals surface area contributed by atoms with Gasteiger partial charge in [0.25, 0.3) is 5.91 Å². The minimum atomic E-state index is -0.316. The normalized spacial score (nSPS) is 10.2. The highest BCUT2D eigenvalue weighted by Crippen LogP contribution is 2.17. The first kappa shape index (κ1) is 17.4. The number of hydrogen-bond acceptors (Lipinski definition) is 5. The van der Waals surface area contributed by atoms with Crippen LogP contribution in [-0.2, 0) is 0 Å². The lowest BCUT2D eigenvalue weighted by Gasteiger charge is -2.08. The standard InChI is InChI=1S/C20H20N4O2/c1-3-26-17-9-7-15(8-10-17)22-20(25)18-11-12-19(24-23-18)21-16-6-4-5-14(2)13-16/h4-13H,3H2,1-2H3,(H,21,24)(H,22,25). The molecule has 0 spiro atoms. The van der Waals surface area contributed by atoms with E-state index in [1.807, 2.05) is 38.1 Å². The number of carbonyl (C=O) groups excluding carboxylic acids is 1. The molecule has 1 aromatic heterocycles. The Morgan fingerprint density at radius 1 is 1.00 bits per heavy atom. The fourth-order valence-corrected chi connectivity index (χ4v) is 2.39. The maximum Gasteiger partial charge on any atom is 0.276 e. The predicted octanol–water partition coefficient (Wildman–Crippen LogP) is 4.18. The van der Waals surface area contributed by atoms with Crippen molar-refractivity contribution < 1.29 is 9.53 Å². The third-order valence-corrected chi connectivity index (χ3v) is 3.61. The van der Waals surface area contributed by atoms with Gasteiger partial charge in [-0.1, -0.05) is 12.1 Å². The van der Waals surface area contributed by atoms with Gasteiger partial charge in [0.1, 0.15) is 5.75 Å². The van der Waals surface area contributed by atoms with Crippen LogP contribution >= 0.6 is 0 Å². The van der Waals surface area contributed by atoms with Gasteiger partial charge in [-0.15, -0.1) is 10.2 Å². The SMILES string of the molecule is CCOc1ccc(NC(=O)c2ccc(Nc3cccc(C)c3)nn2)cc1. The molecule has 0 atom stereocenters. The van der Waals surface area contributed by atoms with Gasteiger partial charge in [-0.25, -0.2) is 0 Å². The van der Waals surface area contributed by atoms with Crippen molar-refractivity contribution in [3.05, 3.63) is 71.9 Å². The average Bonchev–Trinajstić information content (AvgIpc) is 2.64. The highest BCUT2D eigenvalue weighted by molar-refractivity contribution is 6.02. The molecule has 1 amide bonds. The van der Waals surface area contributed by atoms with E-state index in [1.165, 1.54) is 0 Å². The summed E-state index contributed by atoms with van der Waals surface area (Å²) in [6, 6.07) is 18.5. The first-order valence-electron chi connectivity index (χ1n) is 8.35. The fourth-order valence-electron chi connectivity index (χ4n) is 2.39. The van der Waals surface area contributed by atoms with Crippen molar-refractivity contribution in [1.82, 2.24) is 10.2 Å². The third kappa shape index (κ3) is 4.57. The zero-order chi connectivity index (χ0) is 18.4. The summed E-state index contributed by atoms with van der Waals surface area (Å²) in [5, 5.41) is 14.0. The van der Waals surface area contributed by atoms with Gasteiger partial charge < -0.3 is 15.4 Å². The molecule has 2 aromatic carbocycles. The lowest BCUT2D eigenvalue weighted by Crippen LogP contribution is -2.14. The van der Waals surface area contributed by atoms with Crippen LogP contribution in [0.5, 0.6) is 5.75 Å².